The van der Waals surface area contributed by atoms with Crippen LogP contribution in [-0.2, 0) is 4.79 Å². The van der Waals surface area contributed by atoms with Crippen molar-refractivity contribution < 1.29 is 9.53 Å². The van der Waals surface area contributed by atoms with Crippen molar-refractivity contribution in [3.05, 3.63) is 29.3 Å². The molecule has 0 saturated carbocycles. The number of nitrogens with two attached hydrogens (primary N) is 1. The van der Waals surface area contributed by atoms with E-state index in [0.717, 1.165) is 0 Å². The smallest absolute Gasteiger partial charge is 0.239 e. The van der Waals surface area contributed by atoms with E-state index in [-0.39, 0.29) is 18.3 Å². The topological polar surface area (TPSA) is 55.6 Å². The van der Waals surface area contributed by atoms with E-state index in [0.29, 0.717) is 30.3 Å². The van der Waals surface area contributed by atoms with E-state index in [1.807, 2.05) is 19.1 Å². The summed E-state index contributed by atoms with van der Waals surface area (Å²) >= 11 is 5.95. The molecule has 0 unspecified atom stereocenters. The van der Waals surface area contributed by atoms with Crippen LogP contribution in [0.25, 0.3) is 0 Å². The second kappa shape index (κ2) is 9.02. The molecule has 0 spiro atoms. The quantitative estimate of drug-likeness (QED) is 0.877. The molecule has 0 aliphatic carbocycles. The fraction of sp³-hybridized carbons (Fsp3) is 0.462. The highest BCUT2D eigenvalue weighted by Crippen LogP contribution is 2.22. The summed E-state index contributed by atoms with van der Waals surface area (Å²) in [5.74, 6) is 0.556. The maximum Gasteiger partial charge on any atom is 0.239 e. The summed E-state index contributed by atoms with van der Waals surface area (Å²) < 4.78 is 5.50. The molecule has 1 aromatic carbocycles. The average molecular weight is 307 g/mol. The molecule has 1 rings (SSSR count). The van der Waals surface area contributed by atoms with Crippen LogP contribution in [-0.4, -0.2) is 37.0 Å². The van der Waals surface area contributed by atoms with Crippen molar-refractivity contribution in [1.29, 1.82) is 0 Å². The van der Waals surface area contributed by atoms with Crippen LogP contribution in [0.1, 0.15) is 13.3 Å². The van der Waals surface area contributed by atoms with Crippen LogP contribution >= 0.6 is 24.0 Å². The van der Waals surface area contributed by atoms with Crippen molar-refractivity contribution in [2.75, 3.05) is 20.2 Å². The molecule has 0 bridgehead atoms. The summed E-state index contributed by atoms with van der Waals surface area (Å²) in [6.45, 7) is 2.76. The molecule has 19 heavy (non-hydrogen) atoms. The van der Waals surface area contributed by atoms with E-state index in [2.05, 4.69) is 0 Å². The van der Waals surface area contributed by atoms with Gasteiger partial charge in [-0.1, -0.05) is 30.7 Å². The van der Waals surface area contributed by atoms with Gasteiger partial charge in [-0.05, 0) is 18.6 Å². The summed E-state index contributed by atoms with van der Waals surface area (Å²) in [6, 6.07) is 6.81. The number of rotatable bonds is 6. The number of carbonyl (C=O) groups excluding carboxylic acids is 1. The molecule has 0 aliphatic rings. The van der Waals surface area contributed by atoms with Gasteiger partial charge in [-0.2, -0.15) is 0 Å². The molecule has 0 heterocycles. The molecule has 2 N–H and O–H groups in total. The van der Waals surface area contributed by atoms with Gasteiger partial charge in [0.05, 0.1) is 17.6 Å². The molecule has 4 nitrogen and oxygen atoms in total. The van der Waals surface area contributed by atoms with Gasteiger partial charge in [-0.3, -0.25) is 4.79 Å². The van der Waals surface area contributed by atoms with Crippen LogP contribution in [0.4, 0.5) is 0 Å². The summed E-state index contributed by atoms with van der Waals surface area (Å²) in [5, 5.41) is 0.566. The molecule has 1 atom stereocenters. The average Bonchev–Trinajstić information content (AvgIpc) is 2.39. The first-order chi connectivity index (χ1) is 8.56. The Morgan fingerprint density at radius 3 is 2.68 bits per heavy atom. The predicted octanol–water partition coefficient (Wildman–Crippen LogP) is 2.34. The van der Waals surface area contributed by atoms with Gasteiger partial charge in [0, 0.05) is 7.05 Å². The van der Waals surface area contributed by atoms with Crippen LogP contribution in [0.5, 0.6) is 5.75 Å². The first-order valence-corrected chi connectivity index (χ1v) is 6.32. The zero-order valence-corrected chi connectivity index (χ0v) is 12.7. The molecule has 0 aliphatic heterocycles. The molecule has 0 radical (unpaired) electrons. The number of ether oxygens (including phenoxy) is 1. The van der Waals surface area contributed by atoms with Gasteiger partial charge < -0.3 is 15.4 Å². The molecule has 6 heteroatoms. The Morgan fingerprint density at radius 1 is 1.47 bits per heavy atom. The zero-order valence-electron chi connectivity index (χ0n) is 11.1. The second-order valence-corrected chi connectivity index (χ2v) is 4.46. The lowest BCUT2D eigenvalue weighted by atomic mass is 10.2. The van der Waals surface area contributed by atoms with Gasteiger partial charge >= 0.3 is 0 Å². The molecule has 0 aromatic heterocycles. The third-order valence-corrected chi connectivity index (χ3v) is 2.97. The Balaban J connectivity index is 0.00000324. The SMILES string of the molecule is CC[C@H](N)C(=O)N(C)CCOc1ccccc1Cl.Cl. The van der Waals surface area contributed by atoms with E-state index in [1.54, 1.807) is 24.1 Å². The van der Waals surface area contributed by atoms with Crippen molar-refractivity contribution >= 4 is 29.9 Å². The summed E-state index contributed by atoms with van der Waals surface area (Å²) in [5.41, 5.74) is 5.67. The van der Waals surface area contributed by atoms with Gasteiger partial charge in [0.2, 0.25) is 5.91 Å². The number of carbonyl (C=O) groups is 1. The lowest BCUT2D eigenvalue weighted by Crippen LogP contribution is -2.42. The summed E-state index contributed by atoms with van der Waals surface area (Å²) in [4.78, 5) is 13.3. The van der Waals surface area contributed by atoms with Gasteiger partial charge in [0.1, 0.15) is 12.4 Å². The fourth-order valence-corrected chi connectivity index (χ4v) is 1.61. The molecule has 0 fully saturated rings. The van der Waals surface area contributed by atoms with Crippen LogP contribution in [0, 0.1) is 0 Å². The number of benzene rings is 1. The molecule has 0 saturated heterocycles. The minimum absolute atomic E-state index is 0. The lowest BCUT2D eigenvalue weighted by Gasteiger charge is -2.20. The first kappa shape index (κ1) is 18.0. The minimum atomic E-state index is -0.435. The van der Waals surface area contributed by atoms with Crippen LogP contribution < -0.4 is 10.5 Å². The Kier molecular flexibility index (Phi) is 8.56. The second-order valence-electron chi connectivity index (χ2n) is 4.05. The van der Waals surface area contributed by atoms with Gasteiger partial charge in [-0.15, -0.1) is 12.4 Å². The highest BCUT2D eigenvalue weighted by Gasteiger charge is 2.15. The van der Waals surface area contributed by atoms with Gasteiger partial charge in [-0.25, -0.2) is 0 Å². The highest BCUT2D eigenvalue weighted by molar-refractivity contribution is 6.32. The third kappa shape index (κ3) is 5.68. The van der Waals surface area contributed by atoms with Crippen LogP contribution in [0.2, 0.25) is 5.02 Å². The minimum Gasteiger partial charge on any atom is -0.490 e. The zero-order chi connectivity index (χ0) is 13.5. The molecule has 1 amide bonds. The Bertz CT molecular complexity index is 402. The summed E-state index contributed by atoms with van der Waals surface area (Å²) in [6.07, 6.45) is 0.633. The van der Waals surface area contributed by atoms with Crippen molar-refractivity contribution in [2.45, 2.75) is 19.4 Å². The Labute approximate surface area is 125 Å². The monoisotopic (exact) mass is 306 g/mol. The molecular weight excluding hydrogens is 287 g/mol. The number of likely N-dealkylation sites (N-methyl/N-ethyl adjacent to an activating group) is 1. The molecule has 108 valence electrons. The lowest BCUT2D eigenvalue weighted by molar-refractivity contribution is -0.131. The maximum absolute atomic E-state index is 11.7. The van der Waals surface area contributed by atoms with E-state index < -0.39 is 6.04 Å². The standard InChI is InChI=1S/C13H19ClN2O2.ClH/c1-3-11(15)13(17)16(2)8-9-18-12-7-5-4-6-10(12)14;/h4-7,11H,3,8-9,15H2,1-2H3;1H/t11-;/m0./s1. The number of hydrogen-bond donors (Lipinski definition) is 1. The van der Waals surface area contributed by atoms with Crippen LogP contribution in [0.3, 0.4) is 0 Å². The normalized spacial score (nSPS) is 11.4. The largest absolute Gasteiger partial charge is 0.490 e. The number of para-hydroxylation sites is 1. The highest BCUT2D eigenvalue weighted by atomic mass is 35.5. The number of hydrogen-bond acceptors (Lipinski definition) is 3. The van der Waals surface area contributed by atoms with Crippen molar-refractivity contribution in [3.63, 3.8) is 0 Å². The molecule has 1 aromatic rings. The Hall–Kier alpha value is -0.970. The fourth-order valence-electron chi connectivity index (χ4n) is 1.42. The Morgan fingerprint density at radius 2 is 2.11 bits per heavy atom. The van der Waals surface area contributed by atoms with E-state index in [4.69, 9.17) is 22.1 Å². The predicted molar refractivity (Wildman–Crippen MR) is 80.1 cm³/mol. The summed E-state index contributed by atoms with van der Waals surface area (Å²) in [7, 11) is 1.72. The van der Waals surface area contributed by atoms with E-state index >= 15 is 0 Å². The van der Waals surface area contributed by atoms with Crippen molar-refractivity contribution in [2.24, 2.45) is 5.73 Å². The van der Waals surface area contributed by atoms with Gasteiger partial charge in [0.25, 0.3) is 0 Å². The number of amides is 1. The van der Waals surface area contributed by atoms with E-state index in [1.165, 1.54) is 0 Å². The maximum atomic E-state index is 11.7. The van der Waals surface area contributed by atoms with Crippen molar-refractivity contribution in [3.8, 4) is 5.75 Å². The molecular formula is C13H20Cl2N2O2. The first-order valence-electron chi connectivity index (χ1n) is 5.94. The number of halogens is 2. The van der Waals surface area contributed by atoms with E-state index in [9.17, 15) is 4.79 Å². The number of nitrogens with zero attached hydrogens (tertiary/aromatic N) is 1. The van der Waals surface area contributed by atoms with Gasteiger partial charge in [0.15, 0.2) is 0 Å². The van der Waals surface area contributed by atoms with Crippen molar-refractivity contribution in [1.82, 2.24) is 4.90 Å². The third-order valence-electron chi connectivity index (χ3n) is 2.65. The van der Waals surface area contributed by atoms with Crippen LogP contribution in [0.15, 0.2) is 24.3 Å².